The van der Waals surface area contributed by atoms with Gasteiger partial charge in [-0.3, -0.25) is 9.59 Å². The minimum Gasteiger partial charge on any atom is -0.444 e. The van der Waals surface area contributed by atoms with Crippen molar-refractivity contribution in [3.63, 3.8) is 0 Å². The Balaban J connectivity index is 3.48. The highest BCUT2D eigenvalue weighted by atomic mass is 16.6. The number of ether oxygens (including phenoxy) is 1. The van der Waals surface area contributed by atoms with Crippen LogP contribution in [0.25, 0.3) is 0 Å². The number of nitrogens with zero attached hydrogens (tertiary/aromatic N) is 1. The van der Waals surface area contributed by atoms with Crippen molar-refractivity contribution < 1.29 is 19.1 Å². The van der Waals surface area contributed by atoms with Gasteiger partial charge in [-0.1, -0.05) is 64.7 Å². The molecule has 0 radical (unpaired) electrons. The number of hydrogen-bond acceptors (Lipinski definition) is 4. The van der Waals surface area contributed by atoms with Gasteiger partial charge >= 0.3 is 6.09 Å². The summed E-state index contributed by atoms with van der Waals surface area (Å²) < 4.78 is 5.40. The van der Waals surface area contributed by atoms with E-state index in [2.05, 4.69) is 16.6 Å². The van der Waals surface area contributed by atoms with Gasteiger partial charge in [-0.05, 0) is 51.2 Å². The molecule has 0 saturated heterocycles. The molecule has 0 saturated carbocycles. The molecular formula is C28H43N3O4. The maximum atomic E-state index is 14.0. The fourth-order valence-electron chi connectivity index (χ4n) is 3.62. The Morgan fingerprint density at radius 2 is 1.71 bits per heavy atom. The number of rotatable bonds is 12. The summed E-state index contributed by atoms with van der Waals surface area (Å²) in [6.45, 7) is 13.9. The molecule has 0 aliphatic carbocycles. The Morgan fingerprint density at radius 3 is 2.26 bits per heavy atom. The Bertz CT molecular complexity index is 883. The largest absolute Gasteiger partial charge is 0.444 e. The summed E-state index contributed by atoms with van der Waals surface area (Å²) in [4.78, 5) is 41.6. The van der Waals surface area contributed by atoms with Crippen LogP contribution in [0, 0.1) is 18.3 Å². The number of amides is 3. The summed E-state index contributed by atoms with van der Waals surface area (Å²) in [5, 5.41) is 5.70. The maximum Gasteiger partial charge on any atom is 0.408 e. The molecule has 3 amide bonds. The number of carbonyl (C=O) groups excluding carboxylic acids is 3. The van der Waals surface area contributed by atoms with Crippen LogP contribution in [0.1, 0.15) is 91.3 Å². The van der Waals surface area contributed by atoms with E-state index in [0.29, 0.717) is 30.6 Å². The molecule has 7 nitrogen and oxygen atoms in total. The molecule has 0 aliphatic rings. The van der Waals surface area contributed by atoms with Gasteiger partial charge in [0.05, 0.1) is 0 Å². The Hall–Kier alpha value is -3.01. The average molecular weight is 486 g/mol. The predicted molar refractivity (Wildman–Crippen MR) is 140 cm³/mol. The quantitative estimate of drug-likeness (QED) is 0.329. The highest BCUT2D eigenvalue weighted by Gasteiger charge is 2.37. The summed E-state index contributed by atoms with van der Waals surface area (Å²) in [6.07, 6.45) is 8.37. The Morgan fingerprint density at radius 1 is 1.09 bits per heavy atom. The van der Waals surface area contributed by atoms with E-state index in [-0.39, 0.29) is 17.7 Å². The normalized spacial score (nSPS) is 12.9. The molecule has 0 bridgehead atoms. The van der Waals surface area contributed by atoms with Crippen molar-refractivity contribution in [2.75, 3.05) is 13.1 Å². The van der Waals surface area contributed by atoms with Crippen LogP contribution in [-0.4, -0.2) is 47.5 Å². The van der Waals surface area contributed by atoms with E-state index in [1.54, 1.807) is 37.8 Å². The minimum atomic E-state index is -0.917. The van der Waals surface area contributed by atoms with Crippen LogP contribution in [-0.2, 0) is 14.3 Å². The van der Waals surface area contributed by atoms with E-state index in [1.165, 1.54) is 0 Å². The van der Waals surface area contributed by atoms with Crippen LogP contribution in [0.2, 0.25) is 0 Å². The number of nitrogens with one attached hydrogen (secondary N) is 2. The second-order valence-electron chi connectivity index (χ2n) is 10.0. The van der Waals surface area contributed by atoms with Crippen LogP contribution in [0.5, 0.6) is 0 Å². The molecule has 0 spiro atoms. The highest BCUT2D eigenvalue weighted by Crippen LogP contribution is 2.27. The SMILES string of the molecule is C#Cc1ccccc1C(C(=O)NCCCC)N(CCCC)C(=O)C(NC(=O)OC(C)(C)C)C(C)C. The third-order valence-corrected chi connectivity index (χ3v) is 5.44. The number of hydrogen-bond donors (Lipinski definition) is 2. The summed E-state index contributed by atoms with van der Waals surface area (Å²) in [7, 11) is 0. The van der Waals surface area contributed by atoms with Crippen molar-refractivity contribution in [2.24, 2.45) is 5.92 Å². The molecule has 0 aromatic heterocycles. The summed E-state index contributed by atoms with van der Waals surface area (Å²) in [5.74, 6) is 1.79. The number of unbranched alkanes of at least 4 members (excludes halogenated alkanes) is 2. The van der Waals surface area contributed by atoms with E-state index >= 15 is 0 Å². The molecule has 7 heteroatoms. The van der Waals surface area contributed by atoms with Gasteiger partial charge in [-0.15, -0.1) is 6.42 Å². The van der Waals surface area contributed by atoms with Crippen molar-refractivity contribution in [3.05, 3.63) is 35.4 Å². The molecule has 2 unspecified atom stereocenters. The second-order valence-corrected chi connectivity index (χ2v) is 10.0. The molecule has 1 aromatic carbocycles. The van der Waals surface area contributed by atoms with Crippen LogP contribution in [0.15, 0.2) is 24.3 Å². The third-order valence-electron chi connectivity index (χ3n) is 5.44. The zero-order valence-electron chi connectivity index (χ0n) is 22.4. The number of benzene rings is 1. The lowest BCUT2D eigenvalue weighted by Crippen LogP contribution is -2.55. The lowest BCUT2D eigenvalue weighted by molar-refractivity contribution is -0.143. The first kappa shape index (κ1) is 30.0. The standard InChI is InChI=1S/C28H43N3O4/c1-9-12-18-29-25(32)24(22-17-15-14-16-21(22)11-3)31(19-13-10-2)26(33)23(20(4)5)30-27(34)35-28(6,7)8/h3,14-17,20,23-24H,9-10,12-13,18-19H2,1-2,4-8H3,(H,29,32)(H,30,34). The van der Waals surface area contributed by atoms with Gasteiger partial charge in [0.25, 0.3) is 0 Å². The topological polar surface area (TPSA) is 87.7 Å². The monoisotopic (exact) mass is 485 g/mol. The first-order valence-electron chi connectivity index (χ1n) is 12.6. The van der Waals surface area contributed by atoms with Crippen LogP contribution < -0.4 is 10.6 Å². The van der Waals surface area contributed by atoms with E-state index in [0.717, 1.165) is 19.3 Å². The Kier molecular flexibility index (Phi) is 12.4. The maximum absolute atomic E-state index is 14.0. The molecule has 2 N–H and O–H groups in total. The van der Waals surface area contributed by atoms with Crippen molar-refractivity contribution >= 4 is 17.9 Å². The summed E-state index contributed by atoms with van der Waals surface area (Å²) in [6, 6.07) is 5.39. The van der Waals surface area contributed by atoms with Gasteiger partial charge in [0, 0.05) is 18.7 Å². The van der Waals surface area contributed by atoms with Crippen molar-refractivity contribution in [1.82, 2.24) is 15.5 Å². The lowest BCUT2D eigenvalue weighted by Gasteiger charge is -2.36. The molecule has 0 fully saturated rings. The van der Waals surface area contributed by atoms with Gasteiger partial charge < -0.3 is 20.3 Å². The average Bonchev–Trinajstić information content (AvgIpc) is 2.78. The first-order chi connectivity index (χ1) is 16.5. The molecule has 2 atom stereocenters. The number of carbonyl (C=O) groups is 3. The van der Waals surface area contributed by atoms with Crippen LogP contribution in [0.4, 0.5) is 4.79 Å². The molecule has 1 rings (SSSR count). The van der Waals surface area contributed by atoms with Crippen molar-refractivity contribution in [1.29, 1.82) is 0 Å². The number of alkyl carbamates (subject to hydrolysis) is 1. The highest BCUT2D eigenvalue weighted by molar-refractivity contribution is 5.92. The van der Waals surface area contributed by atoms with Crippen molar-refractivity contribution in [2.45, 2.75) is 91.8 Å². The van der Waals surface area contributed by atoms with E-state index < -0.39 is 23.8 Å². The zero-order valence-corrected chi connectivity index (χ0v) is 22.4. The molecule has 0 heterocycles. The summed E-state index contributed by atoms with van der Waals surface area (Å²) in [5.41, 5.74) is 0.441. The van der Waals surface area contributed by atoms with E-state index in [1.807, 2.05) is 39.8 Å². The van der Waals surface area contributed by atoms with Crippen LogP contribution >= 0.6 is 0 Å². The smallest absolute Gasteiger partial charge is 0.408 e. The molecule has 194 valence electrons. The van der Waals surface area contributed by atoms with Gasteiger partial charge in [-0.2, -0.15) is 0 Å². The Labute approximate surface area is 211 Å². The number of terminal acetylenes is 1. The fourth-order valence-corrected chi connectivity index (χ4v) is 3.62. The van der Waals surface area contributed by atoms with E-state index in [9.17, 15) is 14.4 Å². The molecule has 0 aliphatic heterocycles. The molecule has 1 aromatic rings. The van der Waals surface area contributed by atoms with Crippen LogP contribution in [0.3, 0.4) is 0 Å². The predicted octanol–water partition coefficient (Wildman–Crippen LogP) is 4.80. The van der Waals surface area contributed by atoms with Gasteiger partial charge in [-0.25, -0.2) is 4.79 Å². The molecular weight excluding hydrogens is 442 g/mol. The van der Waals surface area contributed by atoms with Crippen molar-refractivity contribution in [3.8, 4) is 12.3 Å². The minimum absolute atomic E-state index is 0.231. The molecule has 35 heavy (non-hydrogen) atoms. The van der Waals surface area contributed by atoms with Gasteiger partial charge in [0.15, 0.2) is 0 Å². The first-order valence-corrected chi connectivity index (χ1v) is 12.6. The zero-order chi connectivity index (χ0) is 26.6. The van der Waals surface area contributed by atoms with E-state index in [4.69, 9.17) is 11.2 Å². The van der Waals surface area contributed by atoms with Gasteiger partial charge in [0.1, 0.15) is 17.7 Å². The fraction of sp³-hybridized carbons (Fsp3) is 0.607. The third kappa shape index (κ3) is 9.64. The lowest BCUT2D eigenvalue weighted by atomic mass is 9.95. The summed E-state index contributed by atoms with van der Waals surface area (Å²) >= 11 is 0. The second kappa shape index (κ2) is 14.4. The van der Waals surface area contributed by atoms with Gasteiger partial charge in [0.2, 0.25) is 11.8 Å².